The van der Waals surface area contributed by atoms with Crippen LogP contribution in [0.1, 0.15) is 105 Å². The summed E-state index contributed by atoms with van der Waals surface area (Å²) in [5.74, 6) is 0.0922. The summed E-state index contributed by atoms with van der Waals surface area (Å²) in [4.78, 5) is 47.8. The molecular weight excluding hydrogens is 765 g/mol. The lowest BCUT2D eigenvalue weighted by Crippen LogP contribution is -2.40. The van der Waals surface area contributed by atoms with Crippen LogP contribution >= 0.6 is 11.3 Å². The molecular formula is C48H54N2O8S. The highest BCUT2D eigenvalue weighted by atomic mass is 32.1. The molecule has 5 aromatic rings. The molecule has 10 nitrogen and oxygen atoms in total. The predicted molar refractivity (Wildman–Crippen MR) is 233 cm³/mol. The number of carbonyl (C=O) groups is 3. The van der Waals surface area contributed by atoms with Gasteiger partial charge < -0.3 is 23.7 Å². The summed E-state index contributed by atoms with van der Waals surface area (Å²) >= 11 is 1.67. The minimum absolute atomic E-state index is 0.0455. The van der Waals surface area contributed by atoms with Crippen molar-refractivity contribution in [3.8, 4) is 17.2 Å². The molecule has 310 valence electrons. The first-order chi connectivity index (χ1) is 27.9. The Labute approximate surface area is 351 Å². The van der Waals surface area contributed by atoms with Gasteiger partial charge in [-0.05, 0) is 133 Å². The molecule has 1 unspecified atom stereocenters. The third-order valence-corrected chi connectivity index (χ3v) is 10.00. The average molecular weight is 819 g/mol. The van der Waals surface area contributed by atoms with E-state index in [1.165, 1.54) is 0 Å². The molecule has 4 aromatic carbocycles. The van der Waals surface area contributed by atoms with Gasteiger partial charge in [0.25, 0.3) is 0 Å². The van der Waals surface area contributed by atoms with Crippen LogP contribution in [0.3, 0.4) is 0 Å². The molecule has 11 heteroatoms. The number of nitrogens with zero attached hydrogens (tertiary/aromatic N) is 2. The molecule has 1 aromatic heterocycles. The van der Waals surface area contributed by atoms with Crippen molar-refractivity contribution in [1.82, 2.24) is 4.98 Å². The Balaban J connectivity index is 1.25. The number of carbonyl (C=O) groups excluding carboxylic acids is 3. The minimum atomic E-state index is -0.776. The minimum Gasteiger partial charge on any atom is -0.488 e. The van der Waals surface area contributed by atoms with E-state index in [1.54, 1.807) is 72.1 Å². The highest BCUT2D eigenvalue weighted by molar-refractivity contribution is 7.18. The maximum Gasteiger partial charge on any atom is 0.343 e. The highest BCUT2D eigenvalue weighted by Gasteiger charge is 2.33. The van der Waals surface area contributed by atoms with Crippen LogP contribution in [0.25, 0.3) is 10.2 Å². The number of rotatable bonds is 18. The summed E-state index contributed by atoms with van der Waals surface area (Å²) < 4.78 is 30.3. The van der Waals surface area contributed by atoms with Crippen molar-refractivity contribution in [3.05, 3.63) is 131 Å². The van der Waals surface area contributed by atoms with Gasteiger partial charge in [-0.15, -0.1) is 11.3 Å². The van der Waals surface area contributed by atoms with Crippen molar-refractivity contribution in [2.24, 2.45) is 4.99 Å². The number of fused-ring (bicyclic) bond motifs is 1. The number of aliphatic imine (C=N–C) groups is 1. The quantitative estimate of drug-likeness (QED) is 0.0368. The van der Waals surface area contributed by atoms with E-state index in [-0.39, 0.29) is 18.2 Å². The van der Waals surface area contributed by atoms with E-state index in [9.17, 15) is 14.4 Å². The van der Waals surface area contributed by atoms with Crippen molar-refractivity contribution < 1.29 is 38.1 Å². The van der Waals surface area contributed by atoms with Crippen LogP contribution < -0.4 is 14.2 Å². The Hall–Kier alpha value is -5.81. The highest BCUT2D eigenvalue weighted by Crippen LogP contribution is 2.30. The number of hydrogen-bond donors (Lipinski definition) is 0. The normalized spacial score (nSPS) is 12.5. The molecule has 0 radical (unpaired) electrons. The number of thiazole rings is 1. The van der Waals surface area contributed by atoms with Gasteiger partial charge in [0.05, 0.1) is 39.0 Å². The molecule has 0 saturated carbocycles. The van der Waals surface area contributed by atoms with E-state index in [2.05, 4.69) is 19.6 Å². The molecule has 1 atom stereocenters. The summed E-state index contributed by atoms with van der Waals surface area (Å²) in [6.07, 6.45) is 5.19. The summed E-state index contributed by atoms with van der Waals surface area (Å²) in [7, 11) is 0. The van der Waals surface area contributed by atoms with E-state index < -0.39 is 29.1 Å². The number of aromatic nitrogens is 1. The number of para-hydroxylation sites is 1. The first kappa shape index (κ1) is 44.3. The average Bonchev–Trinajstić information content (AvgIpc) is 3.58. The van der Waals surface area contributed by atoms with Crippen LogP contribution in [0.15, 0.2) is 109 Å². The van der Waals surface area contributed by atoms with E-state index >= 15 is 0 Å². The zero-order valence-electron chi connectivity index (χ0n) is 35.2. The van der Waals surface area contributed by atoms with Gasteiger partial charge in [-0.25, -0.2) is 19.4 Å². The molecule has 0 N–H and O–H groups in total. The van der Waals surface area contributed by atoms with Gasteiger partial charge in [-0.1, -0.05) is 31.7 Å². The maximum absolute atomic E-state index is 13.3. The molecule has 5 rings (SSSR count). The summed E-state index contributed by atoms with van der Waals surface area (Å²) in [6.45, 7) is 19.0. The molecule has 0 bridgehead atoms. The third kappa shape index (κ3) is 13.6. The van der Waals surface area contributed by atoms with Crippen LogP contribution in [0, 0.1) is 0 Å². The molecule has 1 heterocycles. The van der Waals surface area contributed by atoms with E-state index in [0.717, 1.165) is 33.3 Å². The lowest BCUT2D eigenvalue weighted by Gasteiger charge is -2.34. The number of hydrogen-bond acceptors (Lipinski definition) is 11. The molecule has 0 aliphatic heterocycles. The third-order valence-electron chi connectivity index (χ3n) is 8.94. The number of ether oxygens (including phenoxy) is 5. The molecule has 0 spiro atoms. The van der Waals surface area contributed by atoms with Gasteiger partial charge in [0.1, 0.15) is 34.1 Å². The van der Waals surface area contributed by atoms with Crippen molar-refractivity contribution in [1.29, 1.82) is 0 Å². The van der Waals surface area contributed by atoms with Crippen molar-refractivity contribution in [2.45, 2.75) is 104 Å². The maximum atomic E-state index is 13.3. The monoisotopic (exact) mass is 818 g/mol. The lowest BCUT2D eigenvalue weighted by atomic mass is 9.92. The van der Waals surface area contributed by atoms with Crippen LogP contribution in [0.4, 0.5) is 0 Å². The Bertz CT molecular complexity index is 2230. The zero-order chi connectivity index (χ0) is 42.8. The van der Waals surface area contributed by atoms with Crippen LogP contribution in [-0.2, 0) is 27.1 Å². The Kier molecular flexibility index (Phi) is 14.5. The van der Waals surface area contributed by atoms with Crippen molar-refractivity contribution in [2.75, 3.05) is 6.61 Å². The van der Waals surface area contributed by atoms with E-state index in [4.69, 9.17) is 33.7 Å². The Morgan fingerprint density at radius 2 is 1.46 bits per heavy atom. The lowest BCUT2D eigenvalue weighted by molar-refractivity contribution is -0.154. The SMILES string of the molecule is C=CC(=O)OC(C)(C)CC(C)(C)Oc1ccc(C(=O)OCCc2ccc(OC(=O)c3ccc(OC(C)(C)C)cc3)c(/C=N/C(CC)Cc3nc4ccccc4s3)c2)cc1. The first-order valence-electron chi connectivity index (χ1n) is 19.7. The molecule has 59 heavy (non-hydrogen) atoms. The van der Waals surface area contributed by atoms with Crippen LogP contribution in [0.5, 0.6) is 17.2 Å². The Morgan fingerprint density at radius 3 is 2.08 bits per heavy atom. The molecule has 0 fully saturated rings. The summed E-state index contributed by atoms with van der Waals surface area (Å²) in [6, 6.07) is 27.1. The van der Waals surface area contributed by atoms with E-state index in [0.29, 0.717) is 53.2 Å². The van der Waals surface area contributed by atoms with Crippen molar-refractivity contribution >= 4 is 45.7 Å². The van der Waals surface area contributed by atoms with Gasteiger partial charge in [-0.3, -0.25) is 4.99 Å². The number of esters is 3. The van der Waals surface area contributed by atoms with Gasteiger partial charge >= 0.3 is 17.9 Å². The van der Waals surface area contributed by atoms with Crippen LogP contribution in [-0.4, -0.2) is 58.6 Å². The van der Waals surface area contributed by atoms with Crippen molar-refractivity contribution in [3.63, 3.8) is 0 Å². The largest absolute Gasteiger partial charge is 0.488 e. The fourth-order valence-corrected chi connectivity index (χ4v) is 7.59. The predicted octanol–water partition coefficient (Wildman–Crippen LogP) is 10.6. The second-order valence-electron chi connectivity index (χ2n) is 16.5. The van der Waals surface area contributed by atoms with Crippen LogP contribution in [0.2, 0.25) is 0 Å². The van der Waals surface area contributed by atoms with Gasteiger partial charge in [-0.2, -0.15) is 0 Å². The van der Waals surface area contributed by atoms with Gasteiger partial charge in [0.2, 0.25) is 0 Å². The fraction of sp³-hybridized carbons (Fsp3) is 0.354. The standard InChI is InChI=1S/C48H54N2O8S/c1-10-36(29-42-50-39-14-12-13-15-41(39)59-42)49-30-35-28-32(16-25-40(35)55-45(53)34-19-21-37(22-20-34)56-46(3,4)5)26-27-54-44(52)33-17-23-38(24-18-33)57-47(6,7)31-48(8,9)58-43(51)11-2/h11-25,28,30,36H,2,10,26-27,29,31H2,1,3-9H3/b49-30+. The first-order valence-corrected chi connectivity index (χ1v) is 20.6. The zero-order valence-corrected chi connectivity index (χ0v) is 36.0. The molecule has 0 amide bonds. The summed E-state index contributed by atoms with van der Waals surface area (Å²) in [5.41, 5.74) is 1.40. The number of benzene rings is 4. The second-order valence-corrected chi connectivity index (χ2v) is 17.6. The molecule has 0 aliphatic rings. The van der Waals surface area contributed by atoms with Gasteiger partial charge in [0, 0.05) is 37.1 Å². The van der Waals surface area contributed by atoms with Gasteiger partial charge in [0.15, 0.2) is 0 Å². The van der Waals surface area contributed by atoms with E-state index in [1.807, 2.05) is 78.8 Å². The summed E-state index contributed by atoms with van der Waals surface area (Å²) in [5, 5.41) is 1.01. The Morgan fingerprint density at radius 1 is 0.814 bits per heavy atom. The molecule has 0 saturated heterocycles. The topological polar surface area (TPSA) is 123 Å². The fourth-order valence-electron chi connectivity index (χ4n) is 6.55. The molecule has 0 aliphatic carbocycles. The second kappa shape index (κ2) is 19.3. The smallest absolute Gasteiger partial charge is 0.343 e.